The van der Waals surface area contributed by atoms with Gasteiger partial charge in [0, 0.05) is 25.6 Å². The molecule has 1 saturated heterocycles. The molecule has 0 unspecified atom stereocenters. The van der Waals surface area contributed by atoms with Crippen molar-refractivity contribution < 1.29 is 24.9 Å². The van der Waals surface area contributed by atoms with Gasteiger partial charge in [0.25, 0.3) is 0 Å². The van der Waals surface area contributed by atoms with E-state index in [0.717, 1.165) is 4.90 Å². The molecule has 0 radical (unpaired) electrons. The van der Waals surface area contributed by atoms with Crippen molar-refractivity contribution >= 4 is 12.1 Å². The Morgan fingerprint density at radius 3 is 2.23 bits per heavy atom. The lowest BCUT2D eigenvalue weighted by molar-refractivity contribution is -0.142. The van der Waals surface area contributed by atoms with Gasteiger partial charge in [-0.3, -0.25) is 4.79 Å². The molecule has 0 aliphatic carbocycles. The van der Waals surface area contributed by atoms with Crippen LogP contribution in [0, 0.1) is 11.8 Å². The maximum atomic E-state index is 10.6. The monoisotopic (exact) mass is 189 g/mol. The Morgan fingerprint density at radius 1 is 1.31 bits per heavy atom. The van der Waals surface area contributed by atoms with Gasteiger partial charge in [-0.15, -0.1) is 0 Å². The summed E-state index contributed by atoms with van der Waals surface area (Å²) in [5.74, 6) is -2.31. The van der Waals surface area contributed by atoms with Crippen molar-refractivity contribution in [2.24, 2.45) is 11.8 Å². The first-order chi connectivity index (χ1) is 6.06. The minimum atomic E-state index is -1.14. The largest absolute Gasteiger partial charge is 0.481 e. The Balaban J connectivity index is 2.66. The minimum absolute atomic E-state index is 0.0319. The SMILES string of the molecule is O=C(O)[C@H]1CN(C(=O)O)C[C@@H]1CO. The molecule has 0 aromatic carbocycles. The van der Waals surface area contributed by atoms with E-state index in [1.165, 1.54) is 0 Å². The van der Waals surface area contributed by atoms with Crippen LogP contribution in [0.3, 0.4) is 0 Å². The lowest BCUT2D eigenvalue weighted by Crippen LogP contribution is -2.28. The van der Waals surface area contributed by atoms with Gasteiger partial charge < -0.3 is 20.2 Å². The number of aliphatic hydroxyl groups excluding tert-OH is 1. The minimum Gasteiger partial charge on any atom is -0.481 e. The van der Waals surface area contributed by atoms with Gasteiger partial charge in [0.15, 0.2) is 0 Å². The third kappa shape index (κ3) is 1.89. The van der Waals surface area contributed by atoms with Crippen LogP contribution in [0.2, 0.25) is 0 Å². The van der Waals surface area contributed by atoms with E-state index in [2.05, 4.69) is 0 Å². The van der Waals surface area contributed by atoms with Crippen LogP contribution in [-0.4, -0.2) is 52.0 Å². The molecule has 0 bridgehead atoms. The lowest BCUT2D eigenvalue weighted by atomic mass is 9.97. The van der Waals surface area contributed by atoms with Crippen LogP contribution in [0.1, 0.15) is 0 Å². The van der Waals surface area contributed by atoms with E-state index in [-0.39, 0.29) is 19.7 Å². The Bertz CT molecular complexity index is 229. The molecule has 2 atom stereocenters. The second-order valence-corrected chi connectivity index (χ2v) is 3.07. The number of hydrogen-bond donors (Lipinski definition) is 3. The number of nitrogens with zero attached hydrogens (tertiary/aromatic N) is 1. The lowest BCUT2D eigenvalue weighted by Gasteiger charge is -2.09. The Kier molecular flexibility index (Phi) is 2.72. The number of aliphatic hydroxyl groups is 1. The second-order valence-electron chi connectivity index (χ2n) is 3.07. The number of carbonyl (C=O) groups is 2. The number of carboxylic acids is 1. The highest BCUT2D eigenvalue weighted by Gasteiger charge is 2.39. The van der Waals surface area contributed by atoms with Gasteiger partial charge >= 0.3 is 12.1 Å². The molecular weight excluding hydrogens is 178 g/mol. The summed E-state index contributed by atoms with van der Waals surface area (Å²) in [6.07, 6.45) is -1.14. The van der Waals surface area contributed by atoms with Crippen molar-refractivity contribution in [3.8, 4) is 0 Å². The molecule has 1 aliphatic heterocycles. The van der Waals surface area contributed by atoms with E-state index in [0.29, 0.717) is 0 Å². The summed E-state index contributed by atoms with van der Waals surface area (Å²) in [5.41, 5.74) is 0. The van der Waals surface area contributed by atoms with Crippen LogP contribution >= 0.6 is 0 Å². The maximum Gasteiger partial charge on any atom is 0.407 e. The molecule has 6 nitrogen and oxygen atoms in total. The van der Waals surface area contributed by atoms with Crippen LogP contribution in [0.5, 0.6) is 0 Å². The number of rotatable bonds is 2. The number of carboxylic acid groups (broad SMARTS) is 2. The van der Waals surface area contributed by atoms with Gasteiger partial charge in [0.05, 0.1) is 5.92 Å². The molecule has 13 heavy (non-hydrogen) atoms. The van der Waals surface area contributed by atoms with Crippen molar-refractivity contribution in [3.63, 3.8) is 0 Å². The summed E-state index contributed by atoms with van der Waals surface area (Å²) in [6.45, 7) is -0.223. The Hall–Kier alpha value is -1.30. The fourth-order valence-electron chi connectivity index (χ4n) is 1.49. The standard InChI is InChI=1S/C7H11NO5/c9-3-4-1-8(7(12)13)2-5(4)6(10)11/h4-5,9H,1-3H2,(H,10,11)(H,12,13)/t4-,5+/m1/s1. The molecular formula is C7H11NO5. The number of aliphatic carboxylic acids is 1. The van der Waals surface area contributed by atoms with Gasteiger partial charge in [-0.25, -0.2) is 4.79 Å². The highest BCUT2D eigenvalue weighted by molar-refractivity contribution is 5.73. The quantitative estimate of drug-likeness (QED) is 0.533. The molecule has 0 spiro atoms. The Labute approximate surface area is 74.4 Å². The van der Waals surface area contributed by atoms with Crippen LogP contribution in [0.25, 0.3) is 0 Å². The summed E-state index contributed by atoms with van der Waals surface area (Å²) < 4.78 is 0. The first-order valence-corrected chi connectivity index (χ1v) is 3.87. The average Bonchev–Trinajstić information content (AvgIpc) is 2.47. The molecule has 1 aliphatic rings. The molecule has 1 heterocycles. The third-order valence-corrected chi connectivity index (χ3v) is 2.26. The summed E-state index contributed by atoms with van der Waals surface area (Å²) in [7, 11) is 0. The molecule has 0 saturated carbocycles. The molecule has 3 N–H and O–H groups in total. The smallest absolute Gasteiger partial charge is 0.407 e. The van der Waals surface area contributed by atoms with Crippen LogP contribution in [0.4, 0.5) is 4.79 Å². The number of hydrogen-bond acceptors (Lipinski definition) is 3. The van der Waals surface area contributed by atoms with E-state index in [1.807, 2.05) is 0 Å². The van der Waals surface area contributed by atoms with Gasteiger partial charge in [-0.1, -0.05) is 0 Å². The highest BCUT2D eigenvalue weighted by atomic mass is 16.4. The van der Waals surface area contributed by atoms with Gasteiger partial charge in [0.1, 0.15) is 0 Å². The summed E-state index contributed by atoms with van der Waals surface area (Å²) in [4.78, 5) is 22.1. The fourth-order valence-corrected chi connectivity index (χ4v) is 1.49. The van der Waals surface area contributed by atoms with Gasteiger partial charge in [0.2, 0.25) is 0 Å². The van der Waals surface area contributed by atoms with Crippen molar-refractivity contribution in [3.05, 3.63) is 0 Å². The topological polar surface area (TPSA) is 98.1 Å². The third-order valence-electron chi connectivity index (χ3n) is 2.26. The molecule has 0 aromatic heterocycles. The predicted octanol–water partition coefficient (Wildman–Crippen LogP) is -0.711. The summed E-state index contributed by atoms with van der Waals surface area (Å²) in [5, 5.41) is 26.1. The zero-order valence-corrected chi connectivity index (χ0v) is 6.88. The molecule has 0 aromatic rings. The molecule has 1 rings (SSSR count). The van der Waals surface area contributed by atoms with Crippen molar-refractivity contribution in [1.82, 2.24) is 4.90 Å². The van der Waals surface area contributed by atoms with E-state index in [9.17, 15) is 9.59 Å². The summed E-state index contributed by atoms with van der Waals surface area (Å²) in [6, 6.07) is 0. The summed E-state index contributed by atoms with van der Waals surface area (Å²) >= 11 is 0. The van der Waals surface area contributed by atoms with E-state index in [4.69, 9.17) is 15.3 Å². The number of likely N-dealkylation sites (tertiary alicyclic amines) is 1. The first kappa shape index (κ1) is 9.79. The second kappa shape index (κ2) is 3.61. The zero-order valence-electron chi connectivity index (χ0n) is 6.88. The first-order valence-electron chi connectivity index (χ1n) is 3.87. The predicted molar refractivity (Wildman–Crippen MR) is 41.3 cm³/mol. The van der Waals surface area contributed by atoms with Crippen molar-refractivity contribution in [2.75, 3.05) is 19.7 Å². The zero-order chi connectivity index (χ0) is 10.0. The molecule has 74 valence electrons. The normalized spacial score (nSPS) is 27.6. The van der Waals surface area contributed by atoms with Crippen molar-refractivity contribution in [1.29, 1.82) is 0 Å². The van der Waals surface area contributed by atoms with Crippen LogP contribution in [0.15, 0.2) is 0 Å². The molecule has 6 heteroatoms. The number of amides is 1. The van der Waals surface area contributed by atoms with Gasteiger partial charge in [-0.05, 0) is 0 Å². The fraction of sp³-hybridized carbons (Fsp3) is 0.714. The van der Waals surface area contributed by atoms with E-state index < -0.39 is 23.9 Å². The average molecular weight is 189 g/mol. The van der Waals surface area contributed by atoms with E-state index in [1.54, 1.807) is 0 Å². The van der Waals surface area contributed by atoms with Gasteiger partial charge in [-0.2, -0.15) is 0 Å². The van der Waals surface area contributed by atoms with E-state index >= 15 is 0 Å². The molecule has 1 fully saturated rings. The van der Waals surface area contributed by atoms with Crippen molar-refractivity contribution in [2.45, 2.75) is 0 Å². The van der Waals surface area contributed by atoms with Crippen LogP contribution in [-0.2, 0) is 4.79 Å². The van der Waals surface area contributed by atoms with Crippen LogP contribution < -0.4 is 0 Å². The molecule has 1 amide bonds. The highest BCUT2D eigenvalue weighted by Crippen LogP contribution is 2.23. The Morgan fingerprint density at radius 2 is 1.92 bits per heavy atom. The maximum absolute atomic E-state index is 10.6.